The Kier molecular flexibility index (Phi) is 5.09. The standard InChI is InChI=1S/C17H18F2N2O/c1-21(2)15-6-3-12(4-7-15)17(22)20-10-9-13-11-14(18)5-8-16(13)19/h3-8,11H,9-10H2,1-2H3,(H,20,22). The van der Waals surface area contributed by atoms with Crippen molar-refractivity contribution >= 4 is 11.6 Å². The third-order valence-electron chi connectivity index (χ3n) is 3.33. The summed E-state index contributed by atoms with van der Waals surface area (Å²) in [6.07, 6.45) is 0.241. The lowest BCUT2D eigenvalue weighted by Crippen LogP contribution is -2.26. The maximum Gasteiger partial charge on any atom is 0.251 e. The van der Waals surface area contributed by atoms with Crippen LogP contribution in [0.2, 0.25) is 0 Å². The number of nitrogens with one attached hydrogen (secondary N) is 1. The topological polar surface area (TPSA) is 32.3 Å². The van der Waals surface area contributed by atoms with Crippen LogP contribution in [0.15, 0.2) is 42.5 Å². The lowest BCUT2D eigenvalue weighted by molar-refractivity contribution is 0.0954. The molecule has 1 amide bonds. The first-order valence-corrected chi connectivity index (χ1v) is 6.97. The van der Waals surface area contributed by atoms with Crippen molar-refractivity contribution in [3.63, 3.8) is 0 Å². The van der Waals surface area contributed by atoms with Crippen LogP contribution in [0.3, 0.4) is 0 Å². The van der Waals surface area contributed by atoms with Crippen LogP contribution < -0.4 is 10.2 Å². The molecule has 0 aliphatic rings. The zero-order valence-electron chi connectivity index (χ0n) is 12.6. The maximum atomic E-state index is 13.5. The highest BCUT2D eigenvalue weighted by Crippen LogP contribution is 2.12. The van der Waals surface area contributed by atoms with Gasteiger partial charge < -0.3 is 10.2 Å². The van der Waals surface area contributed by atoms with Gasteiger partial charge in [0.2, 0.25) is 0 Å². The van der Waals surface area contributed by atoms with Crippen molar-refractivity contribution in [2.24, 2.45) is 0 Å². The molecule has 0 aromatic heterocycles. The largest absolute Gasteiger partial charge is 0.378 e. The minimum absolute atomic E-state index is 0.234. The van der Waals surface area contributed by atoms with Gasteiger partial charge in [-0.1, -0.05) is 0 Å². The molecule has 0 atom stereocenters. The zero-order chi connectivity index (χ0) is 16.1. The minimum Gasteiger partial charge on any atom is -0.378 e. The van der Waals surface area contributed by atoms with Crippen molar-refractivity contribution in [2.75, 3.05) is 25.5 Å². The molecule has 1 N–H and O–H groups in total. The van der Waals surface area contributed by atoms with E-state index in [2.05, 4.69) is 5.32 Å². The molecule has 0 aliphatic heterocycles. The summed E-state index contributed by atoms with van der Waals surface area (Å²) >= 11 is 0. The highest BCUT2D eigenvalue weighted by molar-refractivity contribution is 5.94. The second-order valence-corrected chi connectivity index (χ2v) is 5.18. The number of amides is 1. The van der Waals surface area contributed by atoms with Crippen LogP contribution in [0.1, 0.15) is 15.9 Å². The van der Waals surface area contributed by atoms with E-state index in [0.29, 0.717) is 5.56 Å². The van der Waals surface area contributed by atoms with Crippen molar-refractivity contribution in [3.8, 4) is 0 Å². The van der Waals surface area contributed by atoms with Crippen molar-refractivity contribution < 1.29 is 13.6 Å². The molecule has 0 unspecified atom stereocenters. The zero-order valence-corrected chi connectivity index (χ0v) is 12.6. The van der Waals surface area contributed by atoms with E-state index in [0.717, 1.165) is 23.9 Å². The molecule has 0 saturated heterocycles. The van der Waals surface area contributed by atoms with Crippen molar-refractivity contribution in [2.45, 2.75) is 6.42 Å². The molecular weight excluding hydrogens is 286 g/mol. The first kappa shape index (κ1) is 15.9. The Hall–Kier alpha value is -2.43. The average Bonchev–Trinajstić information content (AvgIpc) is 2.50. The average molecular weight is 304 g/mol. The van der Waals surface area contributed by atoms with Crippen LogP contribution in [0.25, 0.3) is 0 Å². The van der Waals surface area contributed by atoms with Gasteiger partial charge in [0, 0.05) is 31.9 Å². The van der Waals surface area contributed by atoms with E-state index in [-0.39, 0.29) is 24.4 Å². The third-order valence-corrected chi connectivity index (χ3v) is 3.33. The molecule has 2 rings (SSSR count). The predicted octanol–water partition coefficient (Wildman–Crippen LogP) is 3.00. The maximum absolute atomic E-state index is 13.5. The van der Waals surface area contributed by atoms with Gasteiger partial charge in [0.15, 0.2) is 0 Å². The van der Waals surface area contributed by atoms with Crippen molar-refractivity contribution in [3.05, 3.63) is 65.2 Å². The summed E-state index contributed by atoms with van der Waals surface area (Å²) in [5, 5.41) is 2.70. The summed E-state index contributed by atoms with van der Waals surface area (Å²) in [6.45, 7) is 0.245. The molecule has 0 radical (unpaired) electrons. The molecular formula is C17H18F2N2O. The van der Waals surface area contributed by atoms with E-state index in [1.807, 2.05) is 31.1 Å². The fraction of sp³-hybridized carbons (Fsp3) is 0.235. The molecule has 0 saturated carbocycles. The summed E-state index contributed by atoms with van der Waals surface area (Å²) in [4.78, 5) is 13.9. The molecule has 2 aromatic carbocycles. The number of hydrogen-bond donors (Lipinski definition) is 1. The Morgan fingerprint density at radius 3 is 2.41 bits per heavy atom. The van der Waals surface area contributed by atoms with Gasteiger partial charge in [-0.15, -0.1) is 0 Å². The molecule has 0 aliphatic carbocycles. The Labute approximate surface area is 128 Å². The van der Waals surface area contributed by atoms with E-state index >= 15 is 0 Å². The normalized spacial score (nSPS) is 10.4. The highest BCUT2D eigenvalue weighted by Gasteiger charge is 2.07. The monoisotopic (exact) mass is 304 g/mol. The fourth-order valence-corrected chi connectivity index (χ4v) is 2.06. The number of nitrogens with zero attached hydrogens (tertiary/aromatic N) is 1. The van der Waals surface area contributed by atoms with Gasteiger partial charge in [-0.25, -0.2) is 8.78 Å². The molecule has 2 aromatic rings. The molecule has 3 nitrogen and oxygen atoms in total. The predicted molar refractivity (Wildman–Crippen MR) is 83.2 cm³/mol. The van der Waals surface area contributed by atoms with Crippen LogP contribution in [-0.4, -0.2) is 26.5 Å². The first-order chi connectivity index (χ1) is 10.5. The highest BCUT2D eigenvalue weighted by atomic mass is 19.1. The van der Waals surface area contributed by atoms with Crippen LogP contribution in [0.4, 0.5) is 14.5 Å². The Bertz CT molecular complexity index is 654. The fourth-order valence-electron chi connectivity index (χ4n) is 2.06. The summed E-state index contributed by atoms with van der Waals surface area (Å²) in [7, 11) is 3.84. The number of carbonyl (C=O) groups is 1. The smallest absolute Gasteiger partial charge is 0.251 e. The Morgan fingerprint density at radius 2 is 1.77 bits per heavy atom. The van der Waals surface area contributed by atoms with E-state index in [4.69, 9.17) is 0 Å². The van der Waals surface area contributed by atoms with E-state index in [9.17, 15) is 13.6 Å². The molecule has 5 heteroatoms. The minimum atomic E-state index is -0.484. The van der Waals surface area contributed by atoms with Gasteiger partial charge in [-0.05, 0) is 54.4 Å². The van der Waals surface area contributed by atoms with Gasteiger partial charge in [0.25, 0.3) is 5.91 Å². The van der Waals surface area contributed by atoms with Crippen molar-refractivity contribution in [1.29, 1.82) is 0 Å². The van der Waals surface area contributed by atoms with Crippen LogP contribution in [0, 0.1) is 11.6 Å². The van der Waals surface area contributed by atoms with Crippen LogP contribution >= 0.6 is 0 Å². The number of benzene rings is 2. The number of halogens is 2. The molecule has 116 valence electrons. The summed E-state index contributed by atoms with van der Waals surface area (Å²) in [6, 6.07) is 10.5. The van der Waals surface area contributed by atoms with E-state index < -0.39 is 11.6 Å². The van der Waals surface area contributed by atoms with E-state index in [1.165, 1.54) is 0 Å². The number of rotatable bonds is 5. The van der Waals surface area contributed by atoms with Crippen LogP contribution in [0.5, 0.6) is 0 Å². The molecule has 0 bridgehead atoms. The molecule has 0 heterocycles. The summed E-state index contributed by atoms with van der Waals surface area (Å²) in [5.41, 5.74) is 1.78. The second-order valence-electron chi connectivity index (χ2n) is 5.18. The first-order valence-electron chi connectivity index (χ1n) is 6.97. The van der Waals surface area contributed by atoms with Gasteiger partial charge in [0.05, 0.1) is 0 Å². The van der Waals surface area contributed by atoms with Gasteiger partial charge in [-0.2, -0.15) is 0 Å². The number of anilines is 1. The van der Waals surface area contributed by atoms with Gasteiger partial charge in [-0.3, -0.25) is 4.79 Å². The molecule has 0 fully saturated rings. The van der Waals surface area contributed by atoms with E-state index in [1.54, 1.807) is 12.1 Å². The van der Waals surface area contributed by atoms with Crippen LogP contribution in [-0.2, 0) is 6.42 Å². The number of hydrogen-bond acceptors (Lipinski definition) is 2. The Morgan fingerprint density at radius 1 is 1.09 bits per heavy atom. The SMILES string of the molecule is CN(C)c1ccc(C(=O)NCCc2cc(F)ccc2F)cc1. The van der Waals surface area contributed by atoms with Gasteiger partial charge >= 0.3 is 0 Å². The number of carbonyl (C=O) groups excluding carboxylic acids is 1. The quantitative estimate of drug-likeness (QED) is 0.921. The third kappa shape index (κ3) is 4.04. The Balaban J connectivity index is 1.91. The summed E-state index contributed by atoms with van der Waals surface area (Å²) in [5.74, 6) is -1.19. The lowest BCUT2D eigenvalue weighted by atomic mass is 10.1. The molecule has 22 heavy (non-hydrogen) atoms. The second kappa shape index (κ2) is 7.02. The molecule has 0 spiro atoms. The van der Waals surface area contributed by atoms with Gasteiger partial charge in [0.1, 0.15) is 11.6 Å². The van der Waals surface area contributed by atoms with Crippen molar-refractivity contribution in [1.82, 2.24) is 5.32 Å². The summed E-state index contributed by atoms with van der Waals surface area (Å²) < 4.78 is 26.5. The lowest BCUT2D eigenvalue weighted by Gasteiger charge is -2.12.